The van der Waals surface area contributed by atoms with Crippen LogP contribution in [0.15, 0.2) is 30.5 Å². The van der Waals surface area contributed by atoms with E-state index in [2.05, 4.69) is 9.97 Å². The first-order chi connectivity index (χ1) is 11.2. The van der Waals surface area contributed by atoms with Crippen LogP contribution in [0.4, 0.5) is 4.39 Å². The first-order valence-electron chi connectivity index (χ1n) is 7.63. The summed E-state index contributed by atoms with van der Waals surface area (Å²) in [5.41, 5.74) is 2.68. The molecule has 120 valence electrons. The van der Waals surface area contributed by atoms with Crippen LogP contribution in [-0.4, -0.2) is 40.5 Å². The van der Waals surface area contributed by atoms with Gasteiger partial charge in [0, 0.05) is 43.4 Å². The molecule has 0 saturated heterocycles. The summed E-state index contributed by atoms with van der Waals surface area (Å²) >= 11 is 0. The third-order valence-corrected chi connectivity index (χ3v) is 3.82. The molecule has 1 aliphatic heterocycles. The van der Waals surface area contributed by atoms with Crippen LogP contribution in [0.2, 0.25) is 0 Å². The van der Waals surface area contributed by atoms with Gasteiger partial charge < -0.3 is 9.64 Å². The fourth-order valence-corrected chi connectivity index (χ4v) is 2.55. The molecule has 0 saturated carbocycles. The largest absolute Gasteiger partial charge is 0.372 e. The van der Waals surface area contributed by atoms with E-state index in [-0.39, 0.29) is 18.3 Å². The number of ether oxygens (including phenoxy) is 1. The lowest BCUT2D eigenvalue weighted by Gasteiger charge is -2.28. The molecule has 2 aromatic rings. The van der Waals surface area contributed by atoms with Gasteiger partial charge in [0.05, 0.1) is 5.69 Å². The Hall–Kier alpha value is -2.34. The molecule has 0 radical (unpaired) electrons. The van der Waals surface area contributed by atoms with Crippen LogP contribution in [0.1, 0.15) is 18.2 Å². The molecule has 0 unspecified atom stereocenters. The highest BCUT2D eigenvalue weighted by atomic mass is 19.1. The van der Waals surface area contributed by atoms with E-state index in [0.717, 1.165) is 16.8 Å². The van der Waals surface area contributed by atoms with Gasteiger partial charge in [-0.25, -0.2) is 14.4 Å². The number of aromatic nitrogens is 2. The number of fused-ring (bicyclic) bond motifs is 1. The Kier molecular flexibility index (Phi) is 4.62. The van der Waals surface area contributed by atoms with Crippen molar-refractivity contribution in [1.82, 2.24) is 14.9 Å². The summed E-state index contributed by atoms with van der Waals surface area (Å²) in [5, 5.41) is 0. The van der Waals surface area contributed by atoms with E-state index in [1.54, 1.807) is 23.2 Å². The van der Waals surface area contributed by atoms with Crippen molar-refractivity contribution < 1.29 is 13.9 Å². The Balaban J connectivity index is 1.76. The number of hydrogen-bond donors (Lipinski definition) is 0. The number of carbonyl (C=O) groups is 1. The fraction of sp³-hybridized carbons (Fsp3) is 0.353. The highest BCUT2D eigenvalue weighted by Crippen LogP contribution is 2.21. The summed E-state index contributed by atoms with van der Waals surface area (Å²) in [4.78, 5) is 22.7. The third kappa shape index (κ3) is 3.53. The van der Waals surface area contributed by atoms with E-state index < -0.39 is 0 Å². The lowest BCUT2D eigenvalue weighted by molar-refractivity contribution is -0.136. The molecule has 2 heterocycles. The van der Waals surface area contributed by atoms with Gasteiger partial charge >= 0.3 is 0 Å². The average molecular weight is 315 g/mol. The Bertz CT molecular complexity index is 703. The van der Waals surface area contributed by atoms with Crippen LogP contribution in [0, 0.1) is 5.82 Å². The second-order valence-electron chi connectivity index (χ2n) is 5.37. The molecule has 0 spiro atoms. The zero-order valence-electron chi connectivity index (χ0n) is 13.0. The normalized spacial score (nSPS) is 13.7. The van der Waals surface area contributed by atoms with Gasteiger partial charge in [0.15, 0.2) is 5.82 Å². The number of carbonyl (C=O) groups excluding carboxylic acids is 1. The summed E-state index contributed by atoms with van der Waals surface area (Å²) in [5.74, 6) is 0.285. The van der Waals surface area contributed by atoms with Crippen LogP contribution in [-0.2, 0) is 22.5 Å². The first kappa shape index (κ1) is 15.6. The molecule has 1 amide bonds. The molecule has 23 heavy (non-hydrogen) atoms. The van der Waals surface area contributed by atoms with Gasteiger partial charge in [0.1, 0.15) is 12.4 Å². The van der Waals surface area contributed by atoms with Crippen molar-refractivity contribution in [1.29, 1.82) is 0 Å². The molecule has 0 fully saturated rings. The molecule has 6 heteroatoms. The predicted octanol–water partition coefficient (Wildman–Crippen LogP) is 2.20. The van der Waals surface area contributed by atoms with Crippen molar-refractivity contribution in [2.75, 3.05) is 19.8 Å². The lowest BCUT2D eigenvalue weighted by atomic mass is 10.1. The predicted molar refractivity (Wildman–Crippen MR) is 83.0 cm³/mol. The SMILES string of the molecule is CCOCC(=O)N1CCc2nc(-c3ccc(F)cc3)ncc2C1. The number of rotatable bonds is 4. The van der Waals surface area contributed by atoms with Gasteiger partial charge in [-0.05, 0) is 31.2 Å². The van der Waals surface area contributed by atoms with E-state index >= 15 is 0 Å². The zero-order valence-corrected chi connectivity index (χ0v) is 13.0. The summed E-state index contributed by atoms with van der Waals surface area (Å²) in [6.45, 7) is 3.63. The minimum absolute atomic E-state index is 0.0138. The highest BCUT2D eigenvalue weighted by molar-refractivity contribution is 5.77. The molecule has 0 bridgehead atoms. The Morgan fingerprint density at radius 2 is 2.13 bits per heavy atom. The van der Waals surface area contributed by atoms with Crippen molar-refractivity contribution in [3.8, 4) is 11.4 Å². The summed E-state index contributed by atoms with van der Waals surface area (Å²) in [6.07, 6.45) is 2.44. The molecular formula is C17H18FN3O2. The summed E-state index contributed by atoms with van der Waals surface area (Å²) in [6, 6.07) is 6.12. The second kappa shape index (κ2) is 6.83. The summed E-state index contributed by atoms with van der Waals surface area (Å²) < 4.78 is 18.2. The quantitative estimate of drug-likeness (QED) is 0.868. The van der Waals surface area contributed by atoms with Crippen LogP contribution >= 0.6 is 0 Å². The van der Waals surface area contributed by atoms with E-state index in [0.29, 0.717) is 31.9 Å². The fourth-order valence-electron chi connectivity index (χ4n) is 2.55. The monoisotopic (exact) mass is 315 g/mol. The van der Waals surface area contributed by atoms with Crippen LogP contribution in [0.25, 0.3) is 11.4 Å². The average Bonchev–Trinajstić information content (AvgIpc) is 2.59. The number of nitrogens with zero attached hydrogens (tertiary/aromatic N) is 3. The maximum atomic E-state index is 13.0. The third-order valence-electron chi connectivity index (χ3n) is 3.82. The molecule has 0 N–H and O–H groups in total. The van der Waals surface area contributed by atoms with Crippen molar-refractivity contribution in [2.24, 2.45) is 0 Å². The minimum atomic E-state index is -0.282. The van der Waals surface area contributed by atoms with E-state index in [1.807, 2.05) is 6.92 Å². The van der Waals surface area contributed by atoms with Crippen molar-refractivity contribution in [3.05, 3.63) is 47.5 Å². The van der Waals surface area contributed by atoms with Crippen molar-refractivity contribution in [3.63, 3.8) is 0 Å². The molecule has 0 atom stereocenters. The van der Waals surface area contributed by atoms with Crippen LogP contribution in [0.3, 0.4) is 0 Å². The van der Waals surface area contributed by atoms with Gasteiger partial charge in [-0.3, -0.25) is 4.79 Å². The smallest absolute Gasteiger partial charge is 0.248 e. The van der Waals surface area contributed by atoms with E-state index in [9.17, 15) is 9.18 Å². The lowest BCUT2D eigenvalue weighted by Crippen LogP contribution is -2.38. The molecule has 0 aliphatic carbocycles. The maximum Gasteiger partial charge on any atom is 0.248 e. The number of halogens is 1. The van der Waals surface area contributed by atoms with Gasteiger partial charge in [0.25, 0.3) is 0 Å². The molecule has 1 aromatic heterocycles. The van der Waals surface area contributed by atoms with Gasteiger partial charge in [-0.15, -0.1) is 0 Å². The Labute approximate surface area is 134 Å². The maximum absolute atomic E-state index is 13.0. The van der Waals surface area contributed by atoms with E-state index in [4.69, 9.17) is 4.74 Å². The molecular weight excluding hydrogens is 297 g/mol. The Morgan fingerprint density at radius 3 is 2.87 bits per heavy atom. The number of benzene rings is 1. The topological polar surface area (TPSA) is 55.3 Å². The molecule has 3 rings (SSSR count). The van der Waals surface area contributed by atoms with Crippen LogP contribution < -0.4 is 0 Å². The Morgan fingerprint density at radius 1 is 1.35 bits per heavy atom. The number of amides is 1. The van der Waals surface area contributed by atoms with Crippen molar-refractivity contribution in [2.45, 2.75) is 19.9 Å². The van der Waals surface area contributed by atoms with Gasteiger partial charge in [-0.2, -0.15) is 0 Å². The number of hydrogen-bond acceptors (Lipinski definition) is 4. The molecule has 5 nitrogen and oxygen atoms in total. The van der Waals surface area contributed by atoms with Crippen LogP contribution in [0.5, 0.6) is 0 Å². The van der Waals surface area contributed by atoms with E-state index in [1.165, 1.54) is 12.1 Å². The standard InChI is InChI=1S/C17H18FN3O2/c1-2-23-11-16(22)21-8-7-15-13(10-21)9-19-17(20-15)12-3-5-14(18)6-4-12/h3-6,9H,2,7-8,10-11H2,1H3. The van der Waals surface area contributed by atoms with Gasteiger partial charge in [0.2, 0.25) is 5.91 Å². The minimum Gasteiger partial charge on any atom is -0.372 e. The highest BCUT2D eigenvalue weighted by Gasteiger charge is 2.22. The molecule has 1 aromatic carbocycles. The first-order valence-corrected chi connectivity index (χ1v) is 7.63. The summed E-state index contributed by atoms with van der Waals surface area (Å²) in [7, 11) is 0. The molecule has 1 aliphatic rings. The second-order valence-corrected chi connectivity index (χ2v) is 5.37. The van der Waals surface area contributed by atoms with Crippen molar-refractivity contribution >= 4 is 5.91 Å². The zero-order chi connectivity index (χ0) is 16.2. The van der Waals surface area contributed by atoms with Gasteiger partial charge in [-0.1, -0.05) is 0 Å².